The number of amides is 1. The SMILES string of the molecule is NC(=S)C1(C(=O)NCc2ccncn2)CCC1. The lowest BCUT2D eigenvalue weighted by atomic mass is 9.68. The van der Waals surface area contributed by atoms with Crippen LogP contribution in [0, 0.1) is 5.41 Å². The molecule has 17 heavy (non-hydrogen) atoms. The second kappa shape index (κ2) is 4.75. The number of carbonyl (C=O) groups is 1. The summed E-state index contributed by atoms with van der Waals surface area (Å²) >= 11 is 4.98. The van der Waals surface area contributed by atoms with Crippen molar-refractivity contribution in [3.63, 3.8) is 0 Å². The lowest BCUT2D eigenvalue weighted by Crippen LogP contribution is -2.52. The van der Waals surface area contributed by atoms with Gasteiger partial charge < -0.3 is 11.1 Å². The van der Waals surface area contributed by atoms with Crippen LogP contribution >= 0.6 is 12.2 Å². The Labute approximate surface area is 105 Å². The maximum absolute atomic E-state index is 12.0. The zero-order chi connectivity index (χ0) is 12.3. The molecular weight excluding hydrogens is 236 g/mol. The lowest BCUT2D eigenvalue weighted by molar-refractivity contribution is -0.131. The second-order valence-corrected chi connectivity index (χ2v) is 4.62. The summed E-state index contributed by atoms with van der Waals surface area (Å²) in [4.78, 5) is 20.2. The molecule has 0 unspecified atom stereocenters. The molecule has 0 spiro atoms. The molecule has 2 rings (SSSR count). The van der Waals surface area contributed by atoms with Crippen LogP contribution in [0.15, 0.2) is 18.6 Å². The molecule has 6 heteroatoms. The maximum atomic E-state index is 12.0. The average Bonchev–Trinajstić information content (AvgIpc) is 2.25. The monoisotopic (exact) mass is 250 g/mol. The molecule has 1 amide bonds. The Bertz CT molecular complexity index is 430. The molecule has 1 aliphatic rings. The molecule has 1 aromatic heterocycles. The van der Waals surface area contributed by atoms with Crippen molar-refractivity contribution in [3.8, 4) is 0 Å². The Morgan fingerprint density at radius 2 is 2.35 bits per heavy atom. The van der Waals surface area contributed by atoms with Crippen LogP contribution in [-0.4, -0.2) is 20.9 Å². The van der Waals surface area contributed by atoms with Crippen molar-refractivity contribution < 1.29 is 4.79 Å². The standard InChI is InChI=1S/C11H14N4OS/c12-9(17)11(3-1-4-11)10(16)14-6-8-2-5-13-7-15-8/h2,5,7H,1,3-4,6H2,(H2,12,17)(H,14,16). The Balaban J connectivity index is 1.96. The van der Waals surface area contributed by atoms with Gasteiger partial charge in [-0.25, -0.2) is 9.97 Å². The molecule has 0 radical (unpaired) electrons. The van der Waals surface area contributed by atoms with Gasteiger partial charge in [-0.05, 0) is 18.9 Å². The van der Waals surface area contributed by atoms with Crippen LogP contribution in [0.4, 0.5) is 0 Å². The number of hydrogen-bond acceptors (Lipinski definition) is 4. The molecule has 0 aromatic carbocycles. The fourth-order valence-corrected chi connectivity index (χ4v) is 2.18. The van der Waals surface area contributed by atoms with Crippen molar-refractivity contribution in [2.24, 2.45) is 11.1 Å². The van der Waals surface area contributed by atoms with Gasteiger partial charge >= 0.3 is 0 Å². The minimum atomic E-state index is -0.623. The van der Waals surface area contributed by atoms with E-state index in [1.54, 1.807) is 12.3 Å². The van der Waals surface area contributed by atoms with Crippen LogP contribution in [0.5, 0.6) is 0 Å². The van der Waals surface area contributed by atoms with E-state index in [0.717, 1.165) is 25.0 Å². The molecule has 1 fully saturated rings. The molecule has 3 N–H and O–H groups in total. The Kier molecular flexibility index (Phi) is 3.33. The summed E-state index contributed by atoms with van der Waals surface area (Å²) in [5.74, 6) is -0.0881. The molecule has 90 valence electrons. The molecule has 0 aliphatic heterocycles. The van der Waals surface area contributed by atoms with E-state index < -0.39 is 5.41 Å². The number of rotatable bonds is 4. The van der Waals surface area contributed by atoms with Crippen LogP contribution < -0.4 is 11.1 Å². The zero-order valence-electron chi connectivity index (χ0n) is 9.35. The van der Waals surface area contributed by atoms with E-state index in [1.807, 2.05) is 0 Å². The molecule has 5 nitrogen and oxygen atoms in total. The summed E-state index contributed by atoms with van der Waals surface area (Å²) in [6.07, 6.45) is 5.59. The Morgan fingerprint density at radius 3 is 2.82 bits per heavy atom. The third kappa shape index (κ3) is 2.26. The largest absolute Gasteiger partial charge is 0.392 e. The van der Waals surface area contributed by atoms with Crippen molar-refractivity contribution in [3.05, 3.63) is 24.3 Å². The van der Waals surface area contributed by atoms with Gasteiger partial charge in [0.05, 0.1) is 22.6 Å². The van der Waals surface area contributed by atoms with E-state index in [4.69, 9.17) is 18.0 Å². The molecular formula is C11H14N4OS. The quantitative estimate of drug-likeness (QED) is 0.763. The second-order valence-electron chi connectivity index (χ2n) is 4.18. The van der Waals surface area contributed by atoms with E-state index in [9.17, 15) is 4.79 Å². The van der Waals surface area contributed by atoms with Gasteiger partial charge in [-0.1, -0.05) is 18.6 Å². The maximum Gasteiger partial charge on any atom is 0.233 e. The summed E-state index contributed by atoms with van der Waals surface area (Å²) in [5, 5.41) is 2.83. The molecule has 0 atom stereocenters. The molecule has 1 heterocycles. The van der Waals surface area contributed by atoms with Gasteiger partial charge in [-0.3, -0.25) is 4.79 Å². The summed E-state index contributed by atoms with van der Waals surface area (Å²) in [6, 6.07) is 1.76. The number of nitrogens with zero attached hydrogens (tertiary/aromatic N) is 2. The fourth-order valence-electron chi connectivity index (χ4n) is 1.88. The van der Waals surface area contributed by atoms with Crippen molar-refractivity contribution in [2.75, 3.05) is 0 Å². The van der Waals surface area contributed by atoms with E-state index >= 15 is 0 Å². The van der Waals surface area contributed by atoms with E-state index in [0.29, 0.717) is 11.5 Å². The van der Waals surface area contributed by atoms with Gasteiger partial charge in [0, 0.05) is 6.20 Å². The predicted molar refractivity (Wildman–Crippen MR) is 66.9 cm³/mol. The summed E-state index contributed by atoms with van der Waals surface area (Å²) in [6.45, 7) is 0.381. The third-order valence-corrected chi connectivity index (χ3v) is 3.58. The van der Waals surface area contributed by atoms with Gasteiger partial charge in [0.1, 0.15) is 6.33 Å². The number of nitrogens with one attached hydrogen (secondary N) is 1. The van der Waals surface area contributed by atoms with E-state index in [2.05, 4.69) is 15.3 Å². The Hall–Kier alpha value is -1.56. The van der Waals surface area contributed by atoms with Gasteiger partial charge in [-0.2, -0.15) is 0 Å². The smallest absolute Gasteiger partial charge is 0.233 e. The van der Waals surface area contributed by atoms with Crippen LogP contribution in [0.3, 0.4) is 0 Å². The lowest BCUT2D eigenvalue weighted by Gasteiger charge is -2.39. The number of carbonyl (C=O) groups excluding carboxylic acids is 1. The highest BCUT2D eigenvalue weighted by molar-refractivity contribution is 7.80. The minimum absolute atomic E-state index is 0.0881. The third-order valence-electron chi connectivity index (χ3n) is 3.19. The summed E-state index contributed by atoms with van der Waals surface area (Å²) in [7, 11) is 0. The van der Waals surface area contributed by atoms with Crippen molar-refractivity contribution >= 4 is 23.1 Å². The summed E-state index contributed by atoms with van der Waals surface area (Å²) in [5.41, 5.74) is 5.79. The van der Waals surface area contributed by atoms with Gasteiger partial charge in [0.2, 0.25) is 5.91 Å². The highest BCUT2D eigenvalue weighted by atomic mass is 32.1. The first-order valence-electron chi connectivity index (χ1n) is 5.48. The number of nitrogens with two attached hydrogens (primary N) is 1. The molecule has 1 saturated carbocycles. The fraction of sp³-hybridized carbons (Fsp3) is 0.455. The average molecular weight is 250 g/mol. The predicted octanol–water partition coefficient (Wildman–Crippen LogP) is 0.549. The number of hydrogen-bond donors (Lipinski definition) is 2. The van der Waals surface area contributed by atoms with Crippen molar-refractivity contribution in [1.82, 2.24) is 15.3 Å². The first kappa shape index (κ1) is 11.9. The normalized spacial score (nSPS) is 16.9. The zero-order valence-corrected chi connectivity index (χ0v) is 10.2. The highest BCUT2D eigenvalue weighted by Crippen LogP contribution is 2.41. The summed E-state index contributed by atoms with van der Waals surface area (Å²) < 4.78 is 0. The minimum Gasteiger partial charge on any atom is -0.392 e. The first-order valence-corrected chi connectivity index (χ1v) is 5.89. The van der Waals surface area contributed by atoms with Crippen molar-refractivity contribution in [2.45, 2.75) is 25.8 Å². The Morgan fingerprint density at radius 1 is 1.59 bits per heavy atom. The van der Waals surface area contributed by atoms with E-state index in [-0.39, 0.29) is 5.91 Å². The number of aromatic nitrogens is 2. The highest BCUT2D eigenvalue weighted by Gasteiger charge is 2.46. The molecule has 1 aliphatic carbocycles. The van der Waals surface area contributed by atoms with Gasteiger partial charge in [0.25, 0.3) is 0 Å². The number of thiocarbonyl (C=S) groups is 1. The van der Waals surface area contributed by atoms with Crippen LogP contribution in [0.2, 0.25) is 0 Å². The van der Waals surface area contributed by atoms with Crippen molar-refractivity contribution in [1.29, 1.82) is 0 Å². The van der Waals surface area contributed by atoms with E-state index in [1.165, 1.54) is 6.33 Å². The van der Waals surface area contributed by atoms with Crippen LogP contribution in [0.25, 0.3) is 0 Å². The van der Waals surface area contributed by atoms with Crippen LogP contribution in [0.1, 0.15) is 25.0 Å². The first-order chi connectivity index (χ1) is 8.15. The van der Waals surface area contributed by atoms with Gasteiger partial charge in [0.15, 0.2) is 0 Å². The molecule has 1 aromatic rings. The molecule has 0 saturated heterocycles. The topological polar surface area (TPSA) is 80.9 Å². The van der Waals surface area contributed by atoms with Crippen LogP contribution in [-0.2, 0) is 11.3 Å². The van der Waals surface area contributed by atoms with Gasteiger partial charge in [-0.15, -0.1) is 0 Å². The molecule has 0 bridgehead atoms.